The number of rotatable bonds is 7. The number of nitrogens with zero attached hydrogens (tertiary/aromatic N) is 6. The topological polar surface area (TPSA) is 87.2 Å². The summed E-state index contributed by atoms with van der Waals surface area (Å²) < 4.78 is 9.56. The molecule has 0 saturated heterocycles. The second-order valence-corrected chi connectivity index (χ2v) is 10.2. The Balaban J connectivity index is 1.42. The number of benzene rings is 2. The van der Waals surface area contributed by atoms with E-state index < -0.39 is 0 Å². The van der Waals surface area contributed by atoms with E-state index in [1.807, 2.05) is 83.7 Å². The molecule has 4 aromatic heterocycles. The summed E-state index contributed by atoms with van der Waals surface area (Å²) in [5, 5.41) is 9.32. The molecule has 6 aromatic rings. The maximum Gasteiger partial charge on any atom is 0.291 e. The highest BCUT2D eigenvalue weighted by atomic mass is 32.1. The average Bonchev–Trinajstić information content (AvgIpc) is 3.64. The first kappa shape index (κ1) is 23.7. The van der Waals surface area contributed by atoms with Gasteiger partial charge in [-0.05, 0) is 60.5 Å². The minimum atomic E-state index is -0.214. The van der Waals surface area contributed by atoms with Crippen molar-refractivity contribution in [3.05, 3.63) is 106 Å². The summed E-state index contributed by atoms with van der Waals surface area (Å²) >= 11 is 1.30. The Morgan fingerprint density at radius 3 is 2.42 bits per heavy atom. The maximum atomic E-state index is 13.3. The maximum absolute atomic E-state index is 13.3. The molecule has 0 radical (unpaired) electrons. The number of para-hydroxylation sites is 1. The fraction of sp³-hybridized carbons (Fsp3) is 0.138. The summed E-state index contributed by atoms with van der Waals surface area (Å²) in [5.41, 5.74) is 4.04. The first-order valence-corrected chi connectivity index (χ1v) is 13.1. The van der Waals surface area contributed by atoms with Gasteiger partial charge in [-0.1, -0.05) is 43.4 Å². The fourth-order valence-electron chi connectivity index (χ4n) is 4.00. The third kappa shape index (κ3) is 4.71. The Labute approximate surface area is 222 Å². The predicted octanol–water partition coefficient (Wildman–Crippen LogP) is 4.65. The van der Waals surface area contributed by atoms with Crippen LogP contribution in [0.5, 0.6) is 5.75 Å². The second kappa shape index (κ2) is 10.0. The normalized spacial score (nSPS) is 12.0. The Kier molecular flexibility index (Phi) is 6.27. The van der Waals surface area contributed by atoms with Crippen LogP contribution in [0.3, 0.4) is 0 Å². The van der Waals surface area contributed by atoms with Crippen molar-refractivity contribution in [2.24, 2.45) is 5.92 Å². The minimum Gasteiger partial charge on any atom is -0.493 e. The van der Waals surface area contributed by atoms with Crippen LogP contribution in [-0.4, -0.2) is 36.0 Å². The van der Waals surface area contributed by atoms with E-state index in [2.05, 4.69) is 28.9 Å². The van der Waals surface area contributed by atoms with Crippen molar-refractivity contribution in [3.8, 4) is 34.1 Å². The zero-order valence-corrected chi connectivity index (χ0v) is 21.7. The van der Waals surface area contributed by atoms with E-state index in [0.29, 0.717) is 27.8 Å². The Morgan fingerprint density at radius 2 is 1.71 bits per heavy atom. The Hall–Kier alpha value is -4.63. The van der Waals surface area contributed by atoms with Crippen LogP contribution in [0.1, 0.15) is 19.4 Å². The van der Waals surface area contributed by atoms with Crippen molar-refractivity contribution in [2.75, 3.05) is 6.61 Å². The molecule has 9 heteroatoms. The van der Waals surface area contributed by atoms with Crippen LogP contribution in [0.25, 0.3) is 39.4 Å². The van der Waals surface area contributed by atoms with Gasteiger partial charge in [0.15, 0.2) is 5.82 Å². The summed E-state index contributed by atoms with van der Waals surface area (Å²) in [6.07, 6.45) is 7.15. The van der Waals surface area contributed by atoms with Crippen LogP contribution in [0.15, 0.2) is 90.1 Å². The van der Waals surface area contributed by atoms with Gasteiger partial charge in [0.2, 0.25) is 4.96 Å². The summed E-state index contributed by atoms with van der Waals surface area (Å²) in [6, 6.07) is 21.4. The van der Waals surface area contributed by atoms with Gasteiger partial charge < -0.3 is 4.74 Å². The largest absolute Gasteiger partial charge is 0.493 e. The van der Waals surface area contributed by atoms with Gasteiger partial charge in [-0.15, -0.1) is 5.10 Å². The van der Waals surface area contributed by atoms with Gasteiger partial charge in [0, 0.05) is 35.3 Å². The van der Waals surface area contributed by atoms with Crippen LogP contribution in [-0.2, 0) is 0 Å². The minimum absolute atomic E-state index is 0.214. The van der Waals surface area contributed by atoms with Crippen molar-refractivity contribution in [3.63, 3.8) is 0 Å². The molecule has 0 bridgehead atoms. The lowest BCUT2D eigenvalue weighted by Crippen LogP contribution is -2.23. The van der Waals surface area contributed by atoms with E-state index >= 15 is 0 Å². The first-order chi connectivity index (χ1) is 18.5. The summed E-state index contributed by atoms with van der Waals surface area (Å²) in [7, 11) is 0. The van der Waals surface area contributed by atoms with Gasteiger partial charge in [-0.3, -0.25) is 9.78 Å². The number of fused-ring (bicyclic) bond motifs is 1. The van der Waals surface area contributed by atoms with Gasteiger partial charge in [0.05, 0.1) is 16.8 Å². The average molecular weight is 521 g/mol. The van der Waals surface area contributed by atoms with Crippen molar-refractivity contribution < 1.29 is 4.74 Å². The zero-order valence-electron chi connectivity index (χ0n) is 20.9. The molecule has 0 fully saturated rings. The van der Waals surface area contributed by atoms with Gasteiger partial charge in [-0.2, -0.15) is 14.6 Å². The van der Waals surface area contributed by atoms with E-state index in [-0.39, 0.29) is 5.56 Å². The molecular weight excluding hydrogens is 496 g/mol. The molecule has 0 aliphatic heterocycles. The van der Waals surface area contributed by atoms with Gasteiger partial charge in [-0.25, -0.2) is 4.68 Å². The summed E-state index contributed by atoms with van der Waals surface area (Å²) in [4.78, 5) is 22.4. The Bertz CT molecular complexity index is 1810. The molecule has 4 heterocycles. The van der Waals surface area contributed by atoms with E-state index in [0.717, 1.165) is 33.8 Å². The predicted molar refractivity (Wildman–Crippen MR) is 148 cm³/mol. The van der Waals surface area contributed by atoms with Crippen molar-refractivity contribution in [1.29, 1.82) is 0 Å². The van der Waals surface area contributed by atoms with Crippen LogP contribution in [0.2, 0.25) is 0 Å². The molecular formula is C29H24N6O2S. The zero-order chi connectivity index (χ0) is 26.1. The molecule has 0 saturated carbocycles. The fourth-order valence-corrected chi connectivity index (χ4v) is 4.90. The number of thiazole rings is 1. The molecule has 0 aliphatic rings. The number of hydrogen-bond acceptors (Lipinski definition) is 7. The van der Waals surface area contributed by atoms with Crippen LogP contribution in [0, 0.1) is 5.92 Å². The van der Waals surface area contributed by atoms with Crippen molar-refractivity contribution in [1.82, 2.24) is 29.4 Å². The quantitative estimate of drug-likeness (QED) is 0.305. The van der Waals surface area contributed by atoms with Crippen LogP contribution >= 0.6 is 11.3 Å². The molecule has 38 heavy (non-hydrogen) atoms. The molecule has 2 aromatic carbocycles. The monoisotopic (exact) mass is 520 g/mol. The molecule has 6 rings (SSSR count). The molecule has 0 atom stereocenters. The SMILES string of the molecule is CC(C)COc1ccc(-c2nn(-c3ccccc3)cc2/C=c2\sc3nc(-c4ccncc4)nn3c2=O)cc1. The highest BCUT2D eigenvalue weighted by molar-refractivity contribution is 7.15. The van der Waals surface area contributed by atoms with E-state index in [1.165, 1.54) is 15.9 Å². The van der Waals surface area contributed by atoms with Crippen LogP contribution < -0.4 is 14.8 Å². The molecule has 0 unspecified atom stereocenters. The van der Waals surface area contributed by atoms with Crippen LogP contribution in [0.4, 0.5) is 0 Å². The molecule has 0 aliphatic carbocycles. The van der Waals surface area contributed by atoms with Gasteiger partial charge in [0.25, 0.3) is 5.56 Å². The first-order valence-electron chi connectivity index (χ1n) is 12.3. The molecule has 0 N–H and O–H groups in total. The third-order valence-electron chi connectivity index (χ3n) is 5.88. The summed E-state index contributed by atoms with van der Waals surface area (Å²) in [6.45, 7) is 4.90. The Morgan fingerprint density at radius 1 is 0.947 bits per heavy atom. The molecule has 188 valence electrons. The number of pyridine rings is 1. The van der Waals surface area contributed by atoms with Gasteiger partial charge in [0.1, 0.15) is 11.4 Å². The second-order valence-electron chi connectivity index (χ2n) is 9.22. The number of hydrogen-bond donors (Lipinski definition) is 0. The lowest BCUT2D eigenvalue weighted by Gasteiger charge is -2.09. The lowest BCUT2D eigenvalue weighted by molar-refractivity contribution is 0.271. The third-order valence-corrected chi connectivity index (χ3v) is 6.84. The van der Waals surface area contributed by atoms with Crippen molar-refractivity contribution in [2.45, 2.75) is 13.8 Å². The highest BCUT2D eigenvalue weighted by Crippen LogP contribution is 2.27. The van der Waals surface area contributed by atoms with E-state index in [4.69, 9.17) is 9.84 Å². The van der Waals surface area contributed by atoms with Crippen molar-refractivity contribution >= 4 is 22.4 Å². The lowest BCUT2D eigenvalue weighted by atomic mass is 10.1. The number of aromatic nitrogens is 6. The van der Waals surface area contributed by atoms with E-state index in [1.54, 1.807) is 12.4 Å². The number of ether oxygens (including phenoxy) is 1. The molecule has 0 spiro atoms. The standard InChI is InChI=1S/C29H24N6O2S/c1-19(2)18-37-24-10-8-20(9-11-24)26-22(17-34(32-26)23-6-4-3-5-7-23)16-25-28(36)35-29(38-25)31-27(33-35)21-12-14-30-15-13-21/h3-17,19H,18H2,1-2H3/b25-16-. The molecule has 8 nitrogen and oxygen atoms in total. The smallest absolute Gasteiger partial charge is 0.291 e. The van der Waals surface area contributed by atoms with E-state index in [9.17, 15) is 4.79 Å². The highest BCUT2D eigenvalue weighted by Gasteiger charge is 2.15. The van der Waals surface area contributed by atoms with Gasteiger partial charge >= 0.3 is 0 Å². The summed E-state index contributed by atoms with van der Waals surface area (Å²) in [5.74, 6) is 1.76. The molecule has 0 amide bonds.